The van der Waals surface area contributed by atoms with Gasteiger partial charge in [-0.1, -0.05) is 98.7 Å². The topological polar surface area (TPSA) is 33.5 Å². The summed E-state index contributed by atoms with van der Waals surface area (Å²) in [5, 5.41) is 0. The van der Waals surface area contributed by atoms with Crippen LogP contribution in [0, 0.1) is 47.4 Å². The van der Waals surface area contributed by atoms with E-state index in [4.69, 9.17) is 0 Å². The normalized spacial score (nSPS) is 14.0. The van der Waals surface area contributed by atoms with E-state index in [9.17, 15) is 0 Å². The maximum Gasteiger partial charge on any atom is 0.184 e. The molecule has 4 bridgehead atoms. The van der Waals surface area contributed by atoms with E-state index in [-0.39, 0.29) is 0 Å². The van der Waals surface area contributed by atoms with Crippen LogP contribution in [0.15, 0.2) is 98.1 Å². The first-order valence-corrected chi connectivity index (χ1v) is 20.6. The van der Waals surface area contributed by atoms with Gasteiger partial charge < -0.3 is 0 Å². The number of hydrogen-bond donors (Lipinski definition) is 0. The SMILES string of the molecule is C(#Cc1cccnc1)CCCCCCC#Cc1cccnc1.C1#Cc2ccc[n+](c2)CCCCCCCCCC[n+]2cccc(c2)C#CCCCCCC1. The molecular formula is C50H60N4+2. The van der Waals surface area contributed by atoms with Gasteiger partial charge in [0, 0.05) is 86.6 Å². The van der Waals surface area contributed by atoms with Crippen molar-refractivity contribution in [3.63, 3.8) is 0 Å². The molecule has 4 aromatic rings. The quantitative estimate of drug-likeness (QED) is 0.117. The van der Waals surface area contributed by atoms with Crippen molar-refractivity contribution in [3.8, 4) is 47.4 Å². The summed E-state index contributed by atoms with van der Waals surface area (Å²) in [5.74, 6) is 26.1. The summed E-state index contributed by atoms with van der Waals surface area (Å²) in [6.45, 7) is 2.21. The van der Waals surface area contributed by atoms with Crippen molar-refractivity contribution in [1.29, 1.82) is 0 Å². The van der Waals surface area contributed by atoms with Crippen molar-refractivity contribution < 1.29 is 9.13 Å². The number of rotatable bonds is 5. The monoisotopic (exact) mass is 716 g/mol. The molecule has 0 atom stereocenters. The summed E-state index contributed by atoms with van der Waals surface area (Å²) in [6.07, 6.45) is 40.0. The molecule has 5 rings (SSSR count). The number of pyridine rings is 4. The average Bonchev–Trinajstić information content (AvgIpc) is 3.21. The molecule has 0 spiro atoms. The second-order valence-corrected chi connectivity index (χ2v) is 14.0. The van der Waals surface area contributed by atoms with Gasteiger partial charge in [0.2, 0.25) is 0 Å². The molecule has 278 valence electrons. The van der Waals surface area contributed by atoms with Crippen LogP contribution in [0.5, 0.6) is 0 Å². The number of fused-ring (bicyclic) bond motifs is 4. The highest BCUT2D eigenvalue weighted by Gasteiger charge is 2.03. The van der Waals surface area contributed by atoms with Gasteiger partial charge in [-0.3, -0.25) is 9.97 Å². The predicted molar refractivity (Wildman–Crippen MR) is 222 cm³/mol. The Kier molecular flexibility index (Phi) is 21.8. The molecule has 1 aliphatic rings. The Labute approximate surface area is 327 Å². The fourth-order valence-corrected chi connectivity index (χ4v) is 6.21. The molecule has 4 aromatic heterocycles. The van der Waals surface area contributed by atoms with Crippen molar-refractivity contribution in [3.05, 3.63) is 120 Å². The molecule has 54 heavy (non-hydrogen) atoms. The first-order valence-electron chi connectivity index (χ1n) is 20.6. The fourth-order valence-electron chi connectivity index (χ4n) is 6.21. The van der Waals surface area contributed by atoms with Crippen molar-refractivity contribution in [2.45, 2.75) is 142 Å². The third kappa shape index (κ3) is 20.2. The predicted octanol–water partition coefficient (Wildman–Crippen LogP) is 10.4. The van der Waals surface area contributed by atoms with Gasteiger partial charge in [0.25, 0.3) is 0 Å². The van der Waals surface area contributed by atoms with Crippen LogP contribution >= 0.6 is 0 Å². The van der Waals surface area contributed by atoms with Crippen LogP contribution in [0.2, 0.25) is 0 Å². The third-order valence-electron chi connectivity index (χ3n) is 9.26. The lowest BCUT2D eigenvalue weighted by molar-refractivity contribution is -0.697. The van der Waals surface area contributed by atoms with E-state index in [1.165, 1.54) is 89.9 Å². The van der Waals surface area contributed by atoms with Gasteiger partial charge in [-0.25, -0.2) is 9.13 Å². The molecule has 0 aromatic carbocycles. The molecule has 0 amide bonds. The van der Waals surface area contributed by atoms with Gasteiger partial charge in [0.1, 0.15) is 13.1 Å². The molecule has 0 aliphatic carbocycles. The van der Waals surface area contributed by atoms with Crippen molar-refractivity contribution in [2.75, 3.05) is 0 Å². The first kappa shape index (κ1) is 41.6. The van der Waals surface area contributed by atoms with Crippen LogP contribution < -0.4 is 9.13 Å². The Balaban J connectivity index is 0.000000258. The van der Waals surface area contributed by atoms with E-state index in [0.29, 0.717) is 0 Å². The van der Waals surface area contributed by atoms with Gasteiger partial charge in [0.15, 0.2) is 24.8 Å². The maximum atomic E-state index is 4.04. The van der Waals surface area contributed by atoms with Crippen LogP contribution in [0.3, 0.4) is 0 Å². The summed E-state index contributed by atoms with van der Waals surface area (Å²) in [7, 11) is 0. The Bertz CT molecular complexity index is 1710. The smallest absolute Gasteiger partial charge is 0.184 e. The van der Waals surface area contributed by atoms with Crippen molar-refractivity contribution in [1.82, 2.24) is 9.97 Å². The molecule has 1 aliphatic heterocycles. The Morgan fingerprint density at radius 2 is 0.944 bits per heavy atom. The maximum absolute atomic E-state index is 4.04. The molecule has 5 heterocycles. The van der Waals surface area contributed by atoms with E-state index in [2.05, 4.69) is 116 Å². The van der Waals surface area contributed by atoms with E-state index >= 15 is 0 Å². The number of unbranched alkanes of at least 4 members (excludes halogenated alkanes) is 5. The van der Waals surface area contributed by atoms with Crippen LogP contribution in [0.25, 0.3) is 0 Å². The largest absolute Gasteiger partial charge is 0.263 e. The molecule has 0 saturated carbocycles. The van der Waals surface area contributed by atoms with E-state index in [1.807, 2.05) is 24.3 Å². The zero-order chi connectivity index (χ0) is 37.4. The van der Waals surface area contributed by atoms with Crippen molar-refractivity contribution in [2.24, 2.45) is 0 Å². The summed E-state index contributed by atoms with van der Waals surface area (Å²) >= 11 is 0. The molecule has 0 fully saturated rings. The van der Waals surface area contributed by atoms with E-state index in [0.717, 1.165) is 73.9 Å². The second kappa shape index (κ2) is 28.4. The highest BCUT2D eigenvalue weighted by atomic mass is 14.9. The van der Waals surface area contributed by atoms with Crippen LogP contribution in [-0.2, 0) is 13.1 Å². The third-order valence-corrected chi connectivity index (χ3v) is 9.26. The lowest BCUT2D eigenvalue weighted by atomic mass is 10.1. The molecule has 0 unspecified atom stereocenters. The fraction of sp³-hybridized carbons (Fsp3) is 0.440. The molecule has 4 heteroatoms. The minimum Gasteiger partial charge on any atom is -0.263 e. The molecular weight excluding hydrogens is 657 g/mol. The lowest BCUT2D eigenvalue weighted by Crippen LogP contribution is -2.33. The van der Waals surface area contributed by atoms with Gasteiger partial charge in [-0.05, 0) is 74.9 Å². The average molecular weight is 717 g/mol. The highest BCUT2D eigenvalue weighted by molar-refractivity contribution is 5.32. The molecule has 0 saturated heterocycles. The van der Waals surface area contributed by atoms with Gasteiger partial charge >= 0.3 is 0 Å². The first-order chi connectivity index (χ1) is 26.8. The van der Waals surface area contributed by atoms with Gasteiger partial charge in [-0.2, -0.15) is 0 Å². The van der Waals surface area contributed by atoms with E-state index < -0.39 is 0 Å². The summed E-state index contributed by atoms with van der Waals surface area (Å²) in [4.78, 5) is 8.09. The number of nitrogens with zero attached hydrogens (tertiary/aromatic N) is 4. The van der Waals surface area contributed by atoms with Crippen molar-refractivity contribution >= 4 is 0 Å². The minimum absolute atomic E-state index is 0.955. The molecule has 4 nitrogen and oxygen atoms in total. The second-order valence-electron chi connectivity index (χ2n) is 14.0. The Hall–Kier alpha value is -5.16. The minimum atomic E-state index is 0.955. The summed E-state index contributed by atoms with van der Waals surface area (Å²) in [5.41, 5.74) is 4.28. The highest BCUT2D eigenvalue weighted by Crippen LogP contribution is 2.10. The molecule has 0 radical (unpaired) electrons. The zero-order valence-corrected chi connectivity index (χ0v) is 32.6. The molecule has 0 N–H and O–H groups in total. The lowest BCUT2D eigenvalue weighted by Gasteiger charge is -2.02. The van der Waals surface area contributed by atoms with Crippen LogP contribution in [0.1, 0.15) is 151 Å². The Morgan fingerprint density at radius 1 is 0.500 bits per heavy atom. The van der Waals surface area contributed by atoms with Gasteiger partial charge in [-0.15, -0.1) is 0 Å². The van der Waals surface area contributed by atoms with Gasteiger partial charge in [0.05, 0.1) is 11.1 Å². The Morgan fingerprint density at radius 3 is 1.39 bits per heavy atom. The summed E-state index contributed by atoms with van der Waals surface area (Å²) in [6, 6.07) is 16.3. The number of aryl methyl sites for hydroxylation is 2. The van der Waals surface area contributed by atoms with Crippen LogP contribution in [0.4, 0.5) is 0 Å². The number of aromatic nitrogens is 4. The zero-order valence-electron chi connectivity index (χ0n) is 32.6. The number of hydrogen-bond acceptors (Lipinski definition) is 2. The summed E-state index contributed by atoms with van der Waals surface area (Å²) < 4.78 is 4.61. The van der Waals surface area contributed by atoms with Crippen LogP contribution in [-0.4, -0.2) is 9.97 Å². The standard InChI is InChI=1S/C30H40N2.C20H20N2/c1-2-6-10-14-20-30-22-18-26-32(28-30)24-16-12-8-4-3-7-11-15-23-31-25-17-21-29(27-31)19-13-9-5-1;1(3-5-7-11-19-13-9-15-21-17-19)2-4-6-8-12-20-14-10-16-22-18-20/h17-18,21-22,25-28H,1-12,15-16,23-24H2;9-10,13-18H,1-6H2/q+2;. The van der Waals surface area contributed by atoms with E-state index in [1.54, 1.807) is 24.8 Å².